The molecule has 3 rings (SSSR count). The Morgan fingerprint density at radius 2 is 2.28 bits per heavy atom. The van der Waals surface area contributed by atoms with E-state index in [-0.39, 0.29) is 11.5 Å². The summed E-state index contributed by atoms with van der Waals surface area (Å²) >= 11 is 4.85. The number of aromatic carboxylic acids is 1. The topological polar surface area (TPSA) is 80.4 Å². The van der Waals surface area contributed by atoms with Gasteiger partial charge < -0.3 is 5.11 Å². The van der Waals surface area contributed by atoms with E-state index in [0.29, 0.717) is 5.69 Å². The monoisotopic (exact) mass is 324 g/mol. The number of halogens is 1. The molecule has 3 aromatic heterocycles. The zero-order valence-corrected chi connectivity index (χ0v) is 11.1. The van der Waals surface area contributed by atoms with Gasteiger partial charge in [0.05, 0.1) is 10.6 Å². The van der Waals surface area contributed by atoms with Gasteiger partial charge in [-0.1, -0.05) is 0 Å². The minimum atomic E-state index is -1.09. The summed E-state index contributed by atoms with van der Waals surface area (Å²) in [6, 6.07) is 3.38. The lowest BCUT2D eigenvalue weighted by molar-refractivity contribution is 0.0690. The van der Waals surface area contributed by atoms with E-state index >= 15 is 0 Å². The van der Waals surface area contributed by atoms with Crippen molar-refractivity contribution >= 4 is 39.0 Å². The molecule has 3 heterocycles. The third kappa shape index (κ3) is 1.79. The van der Waals surface area contributed by atoms with Crippen LogP contribution in [0.25, 0.3) is 16.3 Å². The first-order chi connectivity index (χ1) is 8.65. The molecule has 0 unspecified atom stereocenters. The van der Waals surface area contributed by atoms with Crippen molar-refractivity contribution in [1.82, 2.24) is 19.6 Å². The van der Waals surface area contributed by atoms with Crippen LogP contribution in [-0.4, -0.2) is 30.7 Å². The summed E-state index contributed by atoms with van der Waals surface area (Å²) in [6.07, 6.45) is 1.35. The van der Waals surface area contributed by atoms with Crippen LogP contribution in [0.5, 0.6) is 0 Å². The van der Waals surface area contributed by atoms with Gasteiger partial charge in [-0.15, -0.1) is 11.3 Å². The molecule has 0 saturated heterocycles. The van der Waals surface area contributed by atoms with Crippen LogP contribution in [0, 0.1) is 0 Å². The molecule has 0 bridgehead atoms. The molecule has 0 saturated carbocycles. The Kier molecular flexibility index (Phi) is 2.60. The van der Waals surface area contributed by atoms with E-state index in [0.717, 1.165) is 9.35 Å². The highest BCUT2D eigenvalue weighted by Gasteiger charge is 2.14. The number of carboxylic acids is 1. The van der Waals surface area contributed by atoms with E-state index in [1.165, 1.54) is 28.2 Å². The van der Waals surface area contributed by atoms with Crippen molar-refractivity contribution < 1.29 is 9.90 Å². The second kappa shape index (κ2) is 4.14. The molecule has 90 valence electrons. The standard InChI is InChI=1S/C10H5BrN4O2S/c11-5-1-8(18-3-5)7-2-6(9(16)17)14-10-12-4-13-15(7)10/h1-4H,(H,16,17). The number of hydrogen-bond donors (Lipinski definition) is 1. The van der Waals surface area contributed by atoms with E-state index in [1.807, 2.05) is 11.4 Å². The molecule has 0 aliphatic carbocycles. The maximum absolute atomic E-state index is 11.0. The molecule has 0 spiro atoms. The van der Waals surface area contributed by atoms with E-state index in [2.05, 4.69) is 31.0 Å². The molecule has 0 aromatic carbocycles. The van der Waals surface area contributed by atoms with Gasteiger partial charge in [0.1, 0.15) is 6.33 Å². The number of carbonyl (C=O) groups is 1. The Bertz CT molecular complexity index is 751. The highest BCUT2D eigenvalue weighted by atomic mass is 79.9. The third-order valence-corrected chi connectivity index (χ3v) is 4.00. The van der Waals surface area contributed by atoms with Crippen LogP contribution in [0.4, 0.5) is 0 Å². The molecule has 0 aliphatic heterocycles. The number of thiophene rings is 1. The molecule has 1 N–H and O–H groups in total. The van der Waals surface area contributed by atoms with Gasteiger partial charge in [0, 0.05) is 9.85 Å². The highest BCUT2D eigenvalue weighted by molar-refractivity contribution is 9.10. The lowest BCUT2D eigenvalue weighted by Crippen LogP contribution is -2.05. The Morgan fingerprint density at radius 1 is 1.44 bits per heavy atom. The minimum Gasteiger partial charge on any atom is -0.477 e. The van der Waals surface area contributed by atoms with Gasteiger partial charge in [0.25, 0.3) is 5.78 Å². The van der Waals surface area contributed by atoms with Gasteiger partial charge in [-0.25, -0.2) is 9.78 Å². The van der Waals surface area contributed by atoms with Crippen molar-refractivity contribution in [2.24, 2.45) is 0 Å². The Labute approximate surface area is 113 Å². The molecule has 0 fully saturated rings. The summed E-state index contributed by atoms with van der Waals surface area (Å²) in [7, 11) is 0. The van der Waals surface area contributed by atoms with Crippen LogP contribution in [0.15, 0.2) is 28.3 Å². The van der Waals surface area contributed by atoms with Crippen molar-refractivity contribution in [2.75, 3.05) is 0 Å². The van der Waals surface area contributed by atoms with Gasteiger partial charge in [-0.3, -0.25) is 0 Å². The average molecular weight is 325 g/mol. The van der Waals surface area contributed by atoms with Crippen molar-refractivity contribution in [3.63, 3.8) is 0 Å². The number of hydrogen-bond acceptors (Lipinski definition) is 5. The summed E-state index contributed by atoms with van der Waals surface area (Å²) in [4.78, 5) is 19.8. The van der Waals surface area contributed by atoms with Crippen LogP contribution < -0.4 is 0 Å². The van der Waals surface area contributed by atoms with Crippen LogP contribution >= 0.6 is 27.3 Å². The SMILES string of the molecule is O=C(O)c1cc(-c2cc(Br)cs2)n2ncnc2n1. The molecular formula is C10H5BrN4O2S. The number of nitrogens with zero attached hydrogens (tertiary/aromatic N) is 4. The molecule has 0 atom stereocenters. The molecule has 6 nitrogen and oxygen atoms in total. The molecule has 8 heteroatoms. The van der Waals surface area contributed by atoms with Gasteiger partial charge in [0.15, 0.2) is 5.69 Å². The zero-order valence-electron chi connectivity index (χ0n) is 8.74. The van der Waals surface area contributed by atoms with Crippen LogP contribution in [-0.2, 0) is 0 Å². The fraction of sp³-hybridized carbons (Fsp3) is 0. The largest absolute Gasteiger partial charge is 0.477 e. The number of carboxylic acid groups (broad SMARTS) is 1. The van der Waals surface area contributed by atoms with E-state index in [4.69, 9.17) is 5.11 Å². The smallest absolute Gasteiger partial charge is 0.354 e. The summed E-state index contributed by atoms with van der Waals surface area (Å²) in [5.41, 5.74) is 0.612. The lowest BCUT2D eigenvalue weighted by atomic mass is 10.3. The minimum absolute atomic E-state index is 0.0463. The van der Waals surface area contributed by atoms with Crippen molar-refractivity contribution in [1.29, 1.82) is 0 Å². The number of fused-ring (bicyclic) bond motifs is 1. The predicted octanol–water partition coefficient (Wildman–Crippen LogP) is 2.31. The molecule has 3 aromatic rings. The van der Waals surface area contributed by atoms with Gasteiger partial charge in [-0.2, -0.15) is 14.6 Å². The first-order valence-electron chi connectivity index (χ1n) is 4.83. The fourth-order valence-electron chi connectivity index (χ4n) is 1.54. The summed E-state index contributed by atoms with van der Waals surface area (Å²) in [5, 5.41) is 15.0. The Balaban J connectivity index is 2.32. The maximum Gasteiger partial charge on any atom is 0.354 e. The highest BCUT2D eigenvalue weighted by Crippen LogP contribution is 2.29. The van der Waals surface area contributed by atoms with Crippen LogP contribution in [0.3, 0.4) is 0 Å². The predicted molar refractivity (Wildman–Crippen MR) is 68.8 cm³/mol. The summed E-state index contributed by atoms with van der Waals surface area (Å²) in [6.45, 7) is 0. The lowest BCUT2D eigenvalue weighted by Gasteiger charge is -2.02. The fourth-order valence-corrected chi connectivity index (χ4v) is 2.97. The van der Waals surface area contributed by atoms with Gasteiger partial charge in [-0.05, 0) is 28.1 Å². The molecule has 18 heavy (non-hydrogen) atoms. The molecule has 0 radical (unpaired) electrons. The van der Waals surface area contributed by atoms with E-state index < -0.39 is 5.97 Å². The zero-order chi connectivity index (χ0) is 12.7. The van der Waals surface area contributed by atoms with Crippen molar-refractivity contribution in [3.8, 4) is 10.6 Å². The second-order valence-corrected chi connectivity index (χ2v) is 5.26. The Hall–Kier alpha value is -1.80. The second-order valence-electron chi connectivity index (χ2n) is 3.43. The van der Waals surface area contributed by atoms with Crippen molar-refractivity contribution in [2.45, 2.75) is 0 Å². The third-order valence-electron chi connectivity index (χ3n) is 2.29. The average Bonchev–Trinajstić information content (AvgIpc) is 2.95. The normalized spacial score (nSPS) is 10.9. The first kappa shape index (κ1) is 11.3. The van der Waals surface area contributed by atoms with Gasteiger partial charge >= 0.3 is 5.97 Å². The van der Waals surface area contributed by atoms with E-state index in [1.54, 1.807) is 0 Å². The molecule has 0 aliphatic rings. The maximum atomic E-state index is 11.0. The first-order valence-corrected chi connectivity index (χ1v) is 6.51. The van der Waals surface area contributed by atoms with Crippen molar-refractivity contribution in [3.05, 3.63) is 34.0 Å². The van der Waals surface area contributed by atoms with Crippen LogP contribution in [0.2, 0.25) is 0 Å². The summed E-state index contributed by atoms with van der Waals surface area (Å²) < 4.78 is 2.45. The summed E-state index contributed by atoms with van der Waals surface area (Å²) in [5.74, 6) is -0.813. The quantitative estimate of drug-likeness (QED) is 0.782. The molecule has 0 amide bonds. The molecular weight excluding hydrogens is 320 g/mol. The van der Waals surface area contributed by atoms with E-state index in [9.17, 15) is 4.79 Å². The number of aromatic nitrogens is 4. The Morgan fingerprint density at radius 3 is 2.94 bits per heavy atom. The van der Waals surface area contributed by atoms with Gasteiger partial charge in [0.2, 0.25) is 0 Å². The van der Waals surface area contributed by atoms with Crippen LogP contribution in [0.1, 0.15) is 10.5 Å². The number of rotatable bonds is 2.